The van der Waals surface area contributed by atoms with E-state index in [0.717, 1.165) is 22.1 Å². The number of quaternary nitrogens is 2. The number of halogens is 1. The molecule has 0 aromatic rings. The van der Waals surface area contributed by atoms with Gasteiger partial charge in [-0.1, -0.05) is 0 Å². The molecule has 0 amide bonds. The quantitative estimate of drug-likeness (QED) is 0.230. The highest BCUT2D eigenvalue weighted by Crippen LogP contribution is 1.87. The Morgan fingerprint density at radius 2 is 1.00 bits per heavy atom. The molecule has 0 saturated carbocycles. The first-order valence-electron chi connectivity index (χ1n) is 4.85. The topological polar surface area (TPSA) is 24.7 Å². The molecule has 0 unspecified atom stereocenters. The van der Waals surface area contributed by atoms with Crippen molar-refractivity contribution in [1.82, 2.24) is 0 Å². The van der Waals surface area contributed by atoms with Crippen molar-refractivity contribution in [2.75, 3.05) is 55.4 Å². The van der Waals surface area contributed by atoms with Crippen LogP contribution in [0.3, 0.4) is 0 Å². The summed E-state index contributed by atoms with van der Waals surface area (Å²) in [5.41, 5.74) is 0. The fourth-order valence-electron chi connectivity index (χ4n) is 0.657. The maximum atomic E-state index is 3.98. The van der Waals surface area contributed by atoms with Crippen molar-refractivity contribution in [3.63, 3.8) is 0 Å². The predicted molar refractivity (Wildman–Crippen MR) is 62.8 cm³/mol. The third kappa shape index (κ3) is 16.7. The van der Waals surface area contributed by atoms with Crippen LogP contribution in [-0.4, -0.2) is 76.8 Å². The van der Waals surface area contributed by atoms with Crippen molar-refractivity contribution < 1.29 is 32.9 Å². The van der Waals surface area contributed by atoms with Crippen molar-refractivity contribution in [1.29, 1.82) is 0 Å². The molecular formula is C10H24IN4+. The van der Waals surface area contributed by atoms with Gasteiger partial charge in [-0.3, -0.25) is 0 Å². The second-order valence-corrected chi connectivity index (χ2v) is 5.54. The zero-order chi connectivity index (χ0) is 11.2. The summed E-state index contributed by atoms with van der Waals surface area (Å²) >= 11 is 0. The molecule has 4 nitrogen and oxygen atoms in total. The van der Waals surface area contributed by atoms with E-state index >= 15 is 0 Å². The minimum Gasteiger partial charge on any atom is -1.00 e. The second-order valence-electron chi connectivity index (χ2n) is 5.54. The molecule has 0 saturated heterocycles. The standard InChI is InChI=1S/C10H24N4.HI/c1-13(2,3)9-7-11-12-8-10-14(4,5)6;/h7-8H,9-10H2,1-6H3;1H/q+2;/p-1/b11-7-,12-8+;. The maximum absolute atomic E-state index is 3.98. The molecule has 0 atom stereocenters. The van der Waals surface area contributed by atoms with Gasteiger partial charge < -0.3 is 32.9 Å². The summed E-state index contributed by atoms with van der Waals surface area (Å²) in [4.78, 5) is 0. The van der Waals surface area contributed by atoms with Crippen LogP contribution in [0.5, 0.6) is 0 Å². The van der Waals surface area contributed by atoms with Crippen LogP contribution in [0.15, 0.2) is 10.2 Å². The molecule has 0 aliphatic rings. The van der Waals surface area contributed by atoms with Crippen molar-refractivity contribution >= 4 is 12.4 Å². The molecule has 0 rings (SSSR count). The number of rotatable bonds is 5. The Labute approximate surface area is 111 Å². The molecule has 5 heteroatoms. The van der Waals surface area contributed by atoms with Crippen LogP contribution in [0.4, 0.5) is 0 Å². The van der Waals surface area contributed by atoms with E-state index in [-0.39, 0.29) is 24.0 Å². The first-order chi connectivity index (χ1) is 6.21. The largest absolute Gasteiger partial charge is 1.00 e. The third-order valence-corrected chi connectivity index (χ3v) is 1.49. The van der Waals surface area contributed by atoms with Gasteiger partial charge in [0.15, 0.2) is 0 Å². The van der Waals surface area contributed by atoms with Crippen LogP contribution in [-0.2, 0) is 0 Å². The van der Waals surface area contributed by atoms with E-state index < -0.39 is 0 Å². The van der Waals surface area contributed by atoms with Crippen LogP contribution >= 0.6 is 0 Å². The zero-order valence-corrected chi connectivity index (χ0v) is 12.9. The fraction of sp³-hybridized carbons (Fsp3) is 0.800. The molecule has 0 radical (unpaired) electrons. The Kier molecular flexibility index (Phi) is 8.45. The summed E-state index contributed by atoms with van der Waals surface area (Å²) < 4.78 is 1.77. The van der Waals surface area contributed by atoms with E-state index in [0.29, 0.717) is 0 Å². The molecule has 0 aliphatic heterocycles. The lowest BCUT2D eigenvalue weighted by Crippen LogP contribution is -3.00. The van der Waals surface area contributed by atoms with E-state index in [9.17, 15) is 0 Å². The van der Waals surface area contributed by atoms with Crippen molar-refractivity contribution in [2.24, 2.45) is 10.2 Å². The smallest absolute Gasteiger partial charge is 0.116 e. The Bertz CT molecular complexity index is 186. The number of hydrogen-bond acceptors (Lipinski definition) is 2. The van der Waals surface area contributed by atoms with Gasteiger partial charge in [-0.25, -0.2) is 0 Å². The minimum atomic E-state index is 0. The van der Waals surface area contributed by atoms with Gasteiger partial charge in [-0.15, -0.1) is 0 Å². The summed E-state index contributed by atoms with van der Waals surface area (Å²) in [5.74, 6) is 0. The van der Waals surface area contributed by atoms with Gasteiger partial charge in [0.25, 0.3) is 0 Å². The minimum absolute atomic E-state index is 0. The van der Waals surface area contributed by atoms with Gasteiger partial charge in [0.05, 0.1) is 54.7 Å². The van der Waals surface area contributed by atoms with Gasteiger partial charge in [-0.2, -0.15) is 10.2 Å². The monoisotopic (exact) mass is 327 g/mol. The Morgan fingerprint density at radius 3 is 1.20 bits per heavy atom. The van der Waals surface area contributed by atoms with E-state index in [1.165, 1.54) is 0 Å². The van der Waals surface area contributed by atoms with Gasteiger partial charge in [0.2, 0.25) is 0 Å². The molecule has 0 aromatic heterocycles. The van der Waals surface area contributed by atoms with E-state index in [1.54, 1.807) is 0 Å². The molecule has 0 heterocycles. The van der Waals surface area contributed by atoms with Crippen molar-refractivity contribution in [2.45, 2.75) is 0 Å². The zero-order valence-electron chi connectivity index (χ0n) is 10.7. The second kappa shape index (κ2) is 7.29. The normalized spacial score (nSPS) is 13.5. The highest BCUT2D eigenvalue weighted by molar-refractivity contribution is 5.62. The molecule has 15 heavy (non-hydrogen) atoms. The summed E-state index contributed by atoms with van der Waals surface area (Å²) in [6.45, 7) is 1.81. The average molecular weight is 327 g/mol. The third-order valence-electron chi connectivity index (χ3n) is 1.49. The molecule has 0 N–H and O–H groups in total. The lowest BCUT2D eigenvalue weighted by atomic mass is 10.5. The number of nitrogens with zero attached hydrogens (tertiary/aromatic N) is 4. The first-order valence-corrected chi connectivity index (χ1v) is 4.85. The van der Waals surface area contributed by atoms with Crippen molar-refractivity contribution in [3.8, 4) is 0 Å². The summed E-state index contributed by atoms with van der Waals surface area (Å²) in [6.07, 6.45) is 3.71. The number of hydrogen-bond donors (Lipinski definition) is 0. The highest BCUT2D eigenvalue weighted by Gasteiger charge is 2.03. The Morgan fingerprint density at radius 1 is 0.733 bits per heavy atom. The maximum Gasteiger partial charge on any atom is 0.116 e. The lowest BCUT2D eigenvalue weighted by molar-refractivity contribution is -0.860. The van der Waals surface area contributed by atoms with Crippen molar-refractivity contribution in [3.05, 3.63) is 0 Å². The molecule has 0 bridgehead atoms. The van der Waals surface area contributed by atoms with E-state index in [1.807, 2.05) is 12.4 Å². The van der Waals surface area contributed by atoms with Crippen LogP contribution in [0.1, 0.15) is 0 Å². The van der Waals surface area contributed by atoms with Gasteiger partial charge in [0.1, 0.15) is 13.1 Å². The van der Waals surface area contributed by atoms with Crippen LogP contribution in [0, 0.1) is 0 Å². The highest BCUT2D eigenvalue weighted by atomic mass is 127. The molecule has 90 valence electrons. The van der Waals surface area contributed by atoms with Crippen LogP contribution in [0.2, 0.25) is 0 Å². The molecule has 0 aromatic carbocycles. The average Bonchev–Trinajstić information content (AvgIpc) is 1.92. The molecular weight excluding hydrogens is 303 g/mol. The van der Waals surface area contributed by atoms with Gasteiger partial charge in [-0.05, 0) is 0 Å². The Balaban J connectivity index is 0. The summed E-state index contributed by atoms with van der Waals surface area (Å²) in [6, 6.07) is 0. The first kappa shape index (κ1) is 17.4. The molecule has 0 fully saturated rings. The van der Waals surface area contributed by atoms with Gasteiger partial charge in [0, 0.05) is 0 Å². The lowest BCUT2D eigenvalue weighted by Gasteiger charge is -2.21. The SMILES string of the molecule is C[N+](C)(C)C/C=N\N=C\C[N+](C)(C)C.[I-]. The van der Waals surface area contributed by atoms with E-state index in [4.69, 9.17) is 0 Å². The van der Waals surface area contributed by atoms with Crippen LogP contribution in [0.25, 0.3) is 0 Å². The molecule has 0 spiro atoms. The van der Waals surface area contributed by atoms with Gasteiger partial charge >= 0.3 is 0 Å². The summed E-state index contributed by atoms with van der Waals surface area (Å²) in [5, 5.41) is 7.96. The molecule has 0 aliphatic carbocycles. The Hall–Kier alpha value is -0.0100. The summed E-state index contributed by atoms with van der Waals surface area (Å²) in [7, 11) is 12.8. The van der Waals surface area contributed by atoms with Crippen LogP contribution < -0.4 is 24.0 Å². The van der Waals surface area contributed by atoms with E-state index in [2.05, 4.69) is 52.5 Å². The fourth-order valence-corrected chi connectivity index (χ4v) is 0.657. The predicted octanol–water partition coefficient (Wildman–Crippen LogP) is -2.54.